The number of rotatable bonds is 10. The van der Waals surface area contributed by atoms with Gasteiger partial charge in [0.15, 0.2) is 6.29 Å². The molecule has 0 aliphatic heterocycles. The number of ether oxygens (including phenoxy) is 2. The Kier molecular flexibility index (Phi) is 10.0. The summed E-state index contributed by atoms with van der Waals surface area (Å²) in [6, 6.07) is 4.12. The van der Waals surface area contributed by atoms with Gasteiger partial charge in [0.1, 0.15) is 11.6 Å². The van der Waals surface area contributed by atoms with Crippen molar-refractivity contribution < 1.29 is 23.5 Å². The maximum atomic E-state index is 13.9. The summed E-state index contributed by atoms with van der Waals surface area (Å²) in [5.41, 5.74) is 1.18. The number of nitrogens with one attached hydrogen (secondary N) is 2. The molecule has 8 nitrogen and oxygen atoms in total. The SMILES string of the molecule is C=N/N=C(\OCC1CCCC(C(=O)N/C(C=O)=C(\C)NC)C1)c1cc(F)ccc1OC(C)C. The van der Waals surface area contributed by atoms with Crippen molar-refractivity contribution >= 4 is 24.8 Å². The van der Waals surface area contributed by atoms with Gasteiger partial charge in [0.25, 0.3) is 0 Å². The van der Waals surface area contributed by atoms with E-state index in [0.717, 1.165) is 19.3 Å². The molecule has 1 fully saturated rings. The number of carbonyl (C=O) groups excluding carboxylic acids is 2. The van der Waals surface area contributed by atoms with Gasteiger partial charge in [-0.25, -0.2) is 4.39 Å². The zero-order chi connectivity index (χ0) is 24.4. The predicted molar refractivity (Wildman–Crippen MR) is 126 cm³/mol. The average Bonchev–Trinajstić information content (AvgIpc) is 2.80. The number of nitrogens with zero attached hydrogens (tertiary/aromatic N) is 2. The van der Waals surface area contributed by atoms with E-state index in [2.05, 4.69) is 27.6 Å². The molecule has 1 saturated carbocycles. The van der Waals surface area contributed by atoms with Crippen LogP contribution in [0.1, 0.15) is 52.0 Å². The van der Waals surface area contributed by atoms with Gasteiger partial charge in [0.05, 0.1) is 24.0 Å². The lowest BCUT2D eigenvalue weighted by molar-refractivity contribution is -0.126. The molecular weight excluding hydrogens is 427 g/mol. The Labute approximate surface area is 194 Å². The highest BCUT2D eigenvalue weighted by molar-refractivity contribution is 5.97. The van der Waals surface area contributed by atoms with Crippen molar-refractivity contribution in [2.45, 2.75) is 52.6 Å². The second kappa shape index (κ2) is 12.7. The molecule has 0 bridgehead atoms. The van der Waals surface area contributed by atoms with Crippen molar-refractivity contribution in [3.63, 3.8) is 0 Å². The van der Waals surface area contributed by atoms with Crippen LogP contribution in [-0.2, 0) is 14.3 Å². The van der Waals surface area contributed by atoms with Gasteiger partial charge in [-0.15, -0.1) is 5.10 Å². The third-order valence-corrected chi connectivity index (χ3v) is 5.46. The first-order chi connectivity index (χ1) is 15.8. The first-order valence-electron chi connectivity index (χ1n) is 11.1. The van der Waals surface area contributed by atoms with Crippen LogP contribution >= 0.6 is 0 Å². The van der Waals surface area contributed by atoms with E-state index in [4.69, 9.17) is 9.47 Å². The maximum absolute atomic E-state index is 13.9. The normalized spacial score (nSPS) is 19.4. The van der Waals surface area contributed by atoms with Crippen LogP contribution in [0.2, 0.25) is 0 Å². The van der Waals surface area contributed by atoms with E-state index < -0.39 is 5.82 Å². The Morgan fingerprint density at radius 2 is 2.12 bits per heavy atom. The summed E-state index contributed by atoms with van der Waals surface area (Å²) in [5, 5.41) is 13.1. The van der Waals surface area contributed by atoms with Gasteiger partial charge in [-0.2, -0.15) is 5.10 Å². The molecule has 2 unspecified atom stereocenters. The molecule has 1 aliphatic rings. The Balaban J connectivity index is 2.09. The van der Waals surface area contributed by atoms with Crippen LogP contribution in [0.3, 0.4) is 0 Å². The Hall–Kier alpha value is -3.23. The minimum atomic E-state index is -0.452. The number of hydrogen-bond donors (Lipinski definition) is 2. The zero-order valence-corrected chi connectivity index (χ0v) is 19.7. The van der Waals surface area contributed by atoms with Gasteiger partial charge in [0.2, 0.25) is 11.8 Å². The van der Waals surface area contributed by atoms with Crippen LogP contribution < -0.4 is 15.4 Å². The second-order valence-corrected chi connectivity index (χ2v) is 8.29. The van der Waals surface area contributed by atoms with Crippen molar-refractivity contribution in [2.75, 3.05) is 13.7 Å². The third kappa shape index (κ3) is 7.69. The zero-order valence-electron chi connectivity index (χ0n) is 19.7. The number of hydrogen-bond acceptors (Lipinski definition) is 7. The number of benzene rings is 1. The van der Waals surface area contributed by atoms with Crippen LogP contribution in [0, 0.1) is 17.7 Å². The van der Waals surface area contributed by atoms with Crippen molar-refractivity contribution in [1.29, 1.82) is 0 Å². The molecule has 2 N–H and O–H groups in total. The van der Waals surface area contributed by atoms with E-state index in [0.29, 0.717) is 29.7 Å². The Bertz CT molecular complexity index is 914. The average molecular weight is 461 g/mol. The van der Waals surface area contributed by atoms with Crippen molar-refractivity contribution in [1.82, 2.24) is 10.6 Å². The molecule has 2 rings (SSSR count). The molecule has 1 amide bonds. The van der Waals surface area contributed by atoms with Gasteiger partial charge >= 0.3 is 0 Å². The molecule has 0 spiro atoms. The molecule has 0 radical (unpaired) electrons. The maximum Gasteiger partial charge on any atom is 0.244 e. The lowest BCUT2D eigenvalue weighted by Gasteiger charge is -2.28. The Morgan fingerprint density at radius 3 is 2.76 bits per heavy atom. The minimum Gasteiger partial charge on any atom is -0.490 e. The summed E-state index contributed by atoms with van der Waals surface area (Å²) < 4.78 is 25.6. The number of halogens is 1. The quantitative estimate of drug-likeness (QED) is 0.183. The number of allylic oxidation sites excluding steroid dienone is 2. The monoisotopic (exact) mass is 460 g/mol. The van der Waals surface area contributed by atoms with Gasteiger partial charge in [0, 0.05) is 25.4 Å². The fourth-order valence-electron chi connectivity index (χ4n) is 3.71. The molecule has 0 aromatic heterocycles. The molecule has 1 aromatic carbocycles. The number of carbonyl (C=O) groups is 2. The fourth-order valence-corrected chi connectivity index (χ4v) is 3.71. The topological polar surface area (TPSA) is 101 Å². The van der Waals surface area contributed by atoms with Crippen LogP contribution in [-0.4, -0.2) is 44.6 Å². The molecule has 0 saturated heterocycles. The van der Waals surface area contributed by atoms with Crippen LogP contribution in [0.15, 0.2) is 39.8 Å². The molecule has 2 atom stereocenters. The smallest absolute Gasteiger partial charge is 0.244 e. The minimum absolute atomic E-state index is 0.0848. The van der Waals surface area contributed by atoms with Gasteiger partial charge in [-0.3, -0.25) is 9.59 Å². The molecule has 180 valence electrons. The van der Waals surface area contributed by atoms with Crippen LogP contribution in [0.4, 0.5) is 4.39 Å². The van der Waals surface area contributed by atoms with E-state index in [1.807, 2.05) is 13.8 Å². The van der Waals surface area contributed by atoms with E-state index in [1.54, 1.807) is 14.0 Å². The third-order valence-electron chi connectivity index (χ3n) is 5.46. The van der Waals surface area contributed by atoms with Crippen LogP contribution in [0.5, 0.6) is 5.75 Å². The first-order valence-corrected chi connectivity index (χ1v) is 11.1. The van der Waals surface area contributed by atoms with Gasteiger partial charge in [-0.1, -0.05) is 6.42 Å². The highest BCUT2D eigenvalue weighted by Gasteiger charge is 2.29. The van der Waals surface area contributed by atoms with Crippen molar-refractivity contribution in [2.24, 2.45) is 22.0 Å². The Morgan fingerprint density at radius 1 is 1.36 bits per heavy atom. The highest BCUT2D eigenvalue weighted by Crippen LogP contribution is 2.30. The summed E-state index contributed by atoms with van der Waals surface area (Å²) in [6.07, 6.45) is 3.58. The number of amides is 1. The molecular formula is C24H33FN4O4. The van der Waals surface area contributed by atoms with Crippen molar-refractivity contribution in [3.05, 3.63) is 41.0 Å². The second-order valence-electron chi connectivity index (χ2n) is 8.29. The standard InChI is InChI=1S/C24H33FN4O4/c1-15(2)33-22-10-9-19(25)12-20(22)24(29-27-5)32-14-17-7-6-8-18(11-17)23(31)28-21(13-30)16(3)26-4/h9-10,12-13,15,17-18,26H,5-8,11,14H2,1-4H3,(H,28,31)/b21-16+,29-24-. The molecule has 33 heavy (non-hydrogen) atoms. The summed E-state index contributed by atoms with van der Waals surface area (Å²) in [5.74, 6) is -0.242. The molecule has 1 aromatic rings. The number of aldehydes is 1. The van der Waals surface area contributed by atoms with E-state index in [1.165, 1.54) is 18.2 Å². The van der Waals surface area contributed by atoms with Gasteiger partial charge < -0.3 is 20.1 Å². The van der Waals surface area contributed by atoms with E-state index >= 15 is 0 Å². The van der Waals surface area contributed by atoms with Gasteiger partial charge in [-0.05, 0) is 64.2 Å². The van der Waals surface area contributed by atoms with Crippen molar-refractivity contribution in [3.8, 4) is 5.75 Å². The summed E-state index contributed by atoms with van der Waals surface area (Å²) in [4.78, 5) is 24.0. The van der Waals surface area contributed by atoms with E-state index in [9.17, 15) is 14.0 Å². The molecule has 0 heterocycles. The largest absolute Gasteiger partial charge is 0.490 e. The van der Waals surface area contributed by atoms with Crippen LogP contribution in [0.25, 0.3) is 0 Å². The lowest BCUT2D eigenvalue weighted by atomic mass is 9.81. The summed E-state index contributed by atoms with van der Waals surface area (Å²) >= 11 is 0. The summed E-state index contributed by atoms with van der Waals surface area (Å²) in [6.45, 7) is 9.12. The highest BCUT2D eigenvalue weighted by atomic mass is 19.1. The molecule has 1 aliphatic carbocycles. The molecule has 9 heteroatoms. The predicted octanol–water partition coefficient (Wildman–Crippen LogP) is 3.56. The van der Waals surface area contributed by atoms with E-state index in [-0.39, 0.29) is 42.0 Å². The summed E-state index contributed by atoms with van der Waals surface area (Å²) in [7, 11) is 1.69. The first kappa shape index (κ1) is 26.0. The fraction of sp³-hybridized carbons (Fsp3) is 0.500. The lowest BCUT2D eigenvalue weighted by Crippen LogP contribution is -2.36.